The molecule has 6 heteroatoms. The van der Waals surface area contributed by atoms with Crippen LogP contribution in [0.4, 0.5) is 5.69 Å². The quantitative estimate of drug-likeness (QED) is 0.351. The van der Waals surface area contributed by atoms with Crippen molar-refractivity contribution in [1.82, 2.24) is 4.98 Å². The zero-order chi connectivity index (χ0) is 22.5. The highest BCUT2D eigenvalue weighted by Gasteiger charge is 2.27. The van der Waals surface area contributed by atoms with E-state index in [4.69, 9.17) is 20.2 Å². The average molecular weight is 445 g/mol. The summed E-state index contributed by atoms with van der Waals surface area (Å²) < 4.78 is 11.4. The molecule has 2 N–H and O–H groups in total. The van der Waals surface area contributed by atoms with Gasteiger partial charge in [-0.25, -0.2) is 9.78 Å². The second-order valence-corrected chi connectivity index (χ2v) is 8.23. The summed E-state index contributed by atoms with van der Waals surface area (Å²) in [6.45, 7) is 4.05. The normalized spacial score (nSPS) is 11.7. The first kappa shape index (κ1) is 21.6. The number of rotatable bonds is 7. The minimum Gasteiger partial charge on any atom is -0.463 e. The molecule has 162 valence electrons. The van der Waals surface area contributed by atoms with Crippen LogP contribution in [0.5, 0.6) is 5.88 Å². The van der Waals surface area contributed by atoms with Crippen molar-refractivity contribution < 1.29 is 14.3 Å². The number of hydrogen-bond donors (Lipinski definition) is 1. The van der Waals surface area contributed by atoms with Gasteiger partial charge < -0.3 is 15.2 Å². The fourth-order valence-electron chi connectivity index (χ4n) is 3.34. The lowest BCUT2D eigenvalue weighted by atomic mass is 10.1. The molecule has 0 amide bonds. The van der Waals surface area contributed by atoms with E-state index in [-0.39, 0.29) is 12.5 Å². The number of nitrogens with two attached hydrogens (primary N) is 1. The third-order valence-corrected chi connectivity index (χ3v) is 5.89. The lowest BCUT2D eigenvalue weighted by Gasteiger charge is -2.20. The van der Waals surface area contributed by atoms with Crippen LogP contribution in [-0.2, 0) is 9.53 Å². The molecule has 5 nitrogen and oxygen atoms in total. The molecule has 0 radical (unpaired) electrons. The molecular weight excluding hydrogens is 420 g/mol. The first-order chi connectivity index (χ1) is 15.6. The van der Waals surface area contributed by atoms with Crippen molar-refractivity contribution in [1.29, 1.82) is 0 Å². The minimum absolute atomic E-state index is 0.202. The van der Waals surface area contributed by atoms with Gasteiger partial charge in [0.25, 0.3) is 0 Å². The Morgan fingerprint density at radius 2 is 1.81 bits per heavy atom. The van der Waals surface area contributed by atoms with E-state index < -0.39 is 12.1 Å². The molecule has 2 aromatic heterocycles. The largest absolute Gasteiger partial charge is 0.463 e. The van der Waals surface area contributed by atoms with Crippen LogP contribution < -0.4 is 10.5 Å². The van der Waals surface area contributed by atoms with Gasteiger partial charge in [-0.15, -0.1) is 11.3 Å². The molecule has 0 aliphatic heterocycles. The molecule has 0 bridgehead atoms. The Morgan fingerprint density at radius 3 is 2.47 bits per heavy atom. The second kappa shape index (κ2) is 9.66. The molecule has 0 aliphatic carbocycles. The average Bonchev–Trinajstić information content (AvgIpc) is 3.34. The third-order valence-electron chi connectivity index (χ3n) is 4.99. The number of benzene rings is 2. The first-order valence-electron chi connectivity index (χ1n) is 10.4. The summed E-state index contributed by atoms with van der Waals surface area (Å²) in [7, 11) is 0. The molecular formula is C26H24N2O3S. The maximum absolute atomic E-state index is 12.8. The Kier molecular flexibility index (Phi) is 6.52. The number of carbonyl (C=O) groups is 1. The number of carbonyl (C=O) groups excluding carboxylic acids is 1. The number of pyridine rings is 1. The van der Waals surface area contributed by atoms with Gasteiger partial charge >= 0.3 is 5.97 Å². The van der Waals surface area contributed by atoms with Gasteiger partial charge in [0.1, 0.15) is 5.69 Å². The van der Waals surface area contributed by atoms with Gasteiger partial charge in [0.15, 0.2) is 0 Å². The zero-order valence-corrected chi connectivity index (χ0v) is 18.8. The van der Waals surface area contributed by atoms with Crippen molar-refractivity contribution in [3.63, 3.8) is 0 Å². The maximum Gasteiger partial charge on any atom is 0.352 e. The number of aromatic nitrogens is 1. The van der Waals surface area contributed by atoms with E-state index in [1.807, 2.05) is 85.1 Å². The molecule has 0 spiro atoms. The monoisotopic (exact) mass is 444 g/mol. The number of ether oxygens (including phenoxy) is 2. The van der Waals surface area contributed by atoms with Crippen LogP contribution in [0.3, 0.4) is 0 Å². The highest BCUT2D eigenvalue weighted by Crippen LogP contribution is 2.39. The van der Waals surface area contributed by atoms with Crippen LogP contribution >= 0.6 is 11.3 Å². The number of hydrogen-bond acceptors (Lipinski definition) is 6. The summed E-state index contributed by atoms with van der Waals surface area (Å²) in [5, 5.41) is 1.99. The van der Waals surface area contributed by atoms with Crippen molar-refractivity contribution in [2.24, 2.45) is 0 Å². The number of thiophene rings is 1. The molecule has 2 heterocycles. The molecule has 32 heavy (non-hydrogen) atoms. The van der Waals surface area contributed by atoms with E-state index >= 15 is 0 Å². The van der Waals surface area contributed by atoms with Crippen LogP contribution in [0, 0.1) is 6.92 Å². The minimum atomic E-state index is -0.976. The standard InChI is InChI=1S/C26H24N2O3S/c1-3-30-26(29)24(19-8-5-4-6-9-19)31-25-23(27)20(22-10-7-15-32-22)16-21(28-25)18-13-11-17(2)12-14-18/h4-16,24H,3,27H2,1-2H3. The summed E-state index contributed by atoms with van der Waals surface area (Å²) in [5.74, 6) is -0.285. The smallest absolute Gasteiger partial charge is 0.352 e. The van der Waals surface area contributed by atoms with Crippen LogP contribution in [-0.4, -0.2) is 17.6 Å². The molecule has 0 fully saturated rings. The van der Waals surface area contributed by atoms with Gasteiger partial charge in [-0.05, 0) is 31.4 Å². The van der Waals surface area contributed by atoms with E-state index in [0.29, 0.717) is 16.9 Å². The van der Waals surface area contributed by atoms with E-state index in [9.17, 15) is 4.79 Å². The fourth-order valence-corrected chi connectivity index (χ4v) is 4.10. The Hall–Kier alpha value is -3.64. The van der Waals surface area contributed by atoms with Crippen LogP contribution in [0.2, 0.25) is 0 Å². The van der Waals surface area contributed by atoms with E-state index in [2.05, 4.69) is 0 Å². The number of anilines is 1. The molecule has 0 saturated heterocycles. The van der Waals surface area contributed by atoms with Gasteiger partial charge in [-0.2, -0.15) is 0 Å². The number of nitrogens with zero attached hydrogens (tertiary/aromatic N) is 1. The van der Waals surface area contributed by atoms with E-state index in [0.717, 1.165) is 21.6 Å². The maximum atomic E-state index is 12.8. The van der Waals surface area contributed by atoms with E-state index in [1.165, 1.54) is 0 Å². The topological polar surface area (TPSA) is 74.4 Å². The van der Waals surface area contributed by atoms with Gasteiger partial charge in [0, 0.05) is 21.6 Å². The SMILES string of the molecule is CCOC(=O)C(Oc1nc(-c2ccc(C)cc2)cc(-c2cccs2)c1N)c1ccccc1. The van der Waals surface area contributed by atoms with Gasteiger partial charge in [0.05, 0.1) is 12.3 Å². The Labute approximate surface area is 191 Å². The molecule has 0 saturated carbocycles. The molecule has 2 aromatic carbocycles. The highest BCUT2D eigenvalue weighted by atomic mass is 32.1. The fraction of sp³-hybridized carbons (Fsp3) is 0.154. The van der Waals surface area contributed by atoms with Crippen molar-refractivity contribution in [3.05, 3.63) is 89.3 Å². The Balaban J connectivity index is 1.82. The van der Waals surface area contributed by atoms with Gasteiger partial charge in [0.2, 0.25) is 12.0 Å². The molecule has 0 aliphatic rings. The van der Waals surface area contributed by atoms with Crippen LogP contribution in [0.25, 0.3) is 21.7 Å². The molecule has 1 atom stereocenters. The van der Waals surface area contributed by atoms with Crippen molar-refractivity contribution in [3.8, 4) is 27.6 Å². The van der Waals surface area contributed by atoms with Crippen LogP contribution in [0.1, 0.15) is 24.2 Å². The lowest BCUT2D eigenvalue weighted by molar-refractivity contribution is -0.151. The van der Waals surface area contributed by atoms with Crippen molar-refractivity contribution in [2.75, 3.05) is 12.3 Å². The summed E-state index contributed by atoms with van der Waals surface area (Å²) in [6, 6.07) is 23.2. The third kappa shape index (κ3) is 4.65. The van der Waals surface area contributed by atoms with Crippen molar-refractivity contribution >= 4 is 23.0 Å². The Morgan fingerprint density at radius 1 is 1.06 bits per heavy atom. The highest BCUT2D eigenvalue weighted by molar-refractivity contribution is 7.13. The van der Waals surface area contributed by atoms with Crippen molar-refractivity contribution in [2.45, 2.75) is 20.0 Å². The lowest BCUT2D eigenvalue weighted by Crippen LogP contribution is -2.22. The summed E-state index contributed by atoms with van der Waals surface area (Å²) in [5.41, 5.74) is 11.2. The number of nitrogen functional groups attached to an aromatic ring is 1. The first-order valence-corrected chi connectivity index (χ1v) is 11.2. The second-order valence-electron chi connectivity index (χ2n) is 7.28. The molecule has 1 unspecified atom stereocenters. The number of aryl methyl sites for hydroxylation is 1. The predicted molar refractivity (Wildman–Crippen MR) is 129 cm³/mol. The summed E-state index contributed by atoms with van der Waals surface area (Å²) in [6.07, 6.45) is -0.976. The predicted octanol–water partition coefficient (Wildman–Crippen LogP) is 6.05. The van der Waals surface area contributed by atoms with E-state index in [1.54, 1.807) is 18.3 Å². The summed E-state index contributed by atoms with van der Waals surface area (Å²) in [4.78, 5) is 18.4. The number of esters is 1. The molecule has 4 aromatic rings. The van der Waals surface area contributed by atoms with Gasteiger partial charge in [-0.3, -0.25) is 0 Å². The summed E-state index contributed by atoms with van der Waals surface area (Å²) >= 11 is 1.58. The molecule has 4 rings (SSSR count). The Bertz CT molecular complexity index is 1190. The zero-order valence-electron chi connectivity index (χ0n) is 17.9. The van der Waals surface area contributed by atoms with Crippen LogP contribution in [0.15, 0.2) is 78.2 Å². The van der Waals surface area contributed by atoms with Gasteiger partial charge in [-0.1, -0.05) is 66.2 Å².